The number of carbonyl (C=O) groups excluding carboxylic acids is 2. The van der Waals surface area contributed by atoms with Gasteiger partial charge in [-0.1, -0.05) is 28.9 Å². The van der Waals surface area contributed by atoms with Crippen molar-refractivity contribution in [2.75, 3.05) is 26.3 Å². The summed E-state index contributed by atoms with van der Waals surface area (Å²) in [4.78, 5) is 32.2. The molecule has 0 saturated carbocycles. The van der Waals surface area contributed by atoms with E-state index >= 15 is 0 Å². The summed E-state index contributed by atoms with van der Waals surface area (Å²) < 4.78 is 5.29. The van der Waals surface area contributed by atoms with Crippen LogP contribution in [0.1, 0.15) is 67.3 Å². The van der Waals surface area contributed by atoms with Crippen molar-refractivity contribution in [3.8, 4) is 11.5 Å². The zero-order valence-corrected chi connectivity index (χ0v) is 19.5. The fourth-order valence-corrected chi connectivity index (χ4v) is 4.20. The highest BCUT2D eigenvalue weighted by Crippen LogP contribution is 2.37. The first-order chi connectivity index (χ1) is 16.0. The van der Waals surface area contributed by atoms with Gasteiger partial charge in [0.1, 0.15) is 17.1 Å². The Bertz CT molecular complexity index is 909. The number of allylic oxidation sites excluding steroid dienone is 1. The molecule has 0 aromatic heterocycles. The monoisotopic (exact) mass is 478 g/mol. The molecule has 0 bridgehead atoms. The molecular weight excluding hydrogens is 448 g/mol. The Kier molecular flexibility index (Phi) is 9.42. The number of cyclic esters (lactones) is 1. The van der Waals surface area contributed by atoms with E-state index in [2.05, 4.69) is 5.16 Å². The minimum atomic E-state index is -0.726. The topological polar surface area (TPSA) is 109 Å². The van der Waals surface area contributed by atoms with E-state index in [0.29, 0.717) is 18.6 Å². The Balaban J connectivity index is 1.82. The summed E-state index contributed by atoms with van der Waals surface area (Å²) in [6.45, 7) is 1.46. The van der Waals surface area contributed by atoms with Crippen LogP contribution in [0.3, 0.4) is 0 Å². The van der Waals surface area contributed by atoms with Crippen LogP contribution in [0.15, 0.2) is 23.4 Å². The summed E-state index contributed by atoms with van der Waals surface area (Å²) >= 11 is 6.31. The number of halogens is 1. The molecular formula is C24H31ClN2O6. The number of fused-ring (bicyclic) bond motifs is 1. The lowest BCUT2D eigenvalue weighted by atomic mass is 9.97. The lowest BCUT2D eigenvalue weighted by Crippen LogP contribution is -2.37. The standard InChI is InChI=1S/C24H31ClN2O6/c25-23-18-14-17(26-33-16-21(30)27-11-7-5-8-12-27)10-6-3-1-2-4-9-13-32-24(31)22(18)19(28)15-20(23)29/h2,4,15,28-29H,1,3,5-14,16H2/b4-2+,26-17-. The molecule has 1 saturated heterocycles. The summed E-state index contributed by atoms with van der Waals surface area (Å²) in [5.41, 5.74) is 0.677. The highest BCUT2D eigenvalue weighted by atomic mass is 35.5. The molecule has 180 valence electrons. The van der Waals surface area contributed by atoms with Gasteiger partial charge in [-0.25, -0.2) is 4.79 Å². The number of ether oxygens (including phenoxy) is 1. The molecule has 0 unspecified atom stereocenters. The fraction of sp³-hybridized carbons (Fsp3) is 0.542. The summed E-state index contributed by atoms with van der Waals surface area (Å²) in [5.74, 6) is -1.59. The lowest BCUT2D eigenvalue weighted by Gasteiger charge is -2.26. The van der Waals surface area contributed by atoms with Crippen molar-refractivity contribution in [3.63, 3.8) is 0 Å². The van der Waals surface area contributed by atoms with Gasteiger partial charge in [-0.15, -0.1) is 0 Å². The molecule has 33 heavy (non-hydrogen) atoms. The second kappa shape index (κ2) is 12.5. The zero-order chi connectivity index (χ0) is 23.6. The van der Waals surface area contributed by atoms with Crippen molar-refractivity contribution >= 4 is 29.2 Å². The molecule has 1 fully saturated rings. The molecule has 9 heteroatoms. The first-order valence-electron chi connectivity index (χ1n) is 11.5. The van der Waals surface area contributed by atoms with E-state index in [0.717, 1.165) is 57.7 Å². The number of phenols is 2. The van der Waals surface area contributed by atoms with E-state index in [-0.39, 0.29) is 47.4 Å². The smallest absolute Gasteiger partial charge is 0.342 e. The molecule has 3 rings (SSSR count). The number of rotatable bonds is 3. The van der Waals surface area contributed by atoms with Gasteiger partial charge < -0.3 is 24.7 Å². The number of nitrogens with zero attached hydrogens (tertiary/aromatic N) is 2. The second-order valence-electron chi connectivity index (χ2n) is 8.27. The Morgan fingerprint density at radius 3 is 2.64 bits per heavy atom. The Morgan fingerprint density at radius 2 is 1.85 bits per heavy atom. The fourth-order valence-electron chi connectivity index (χ4n) is 3.98. The number of benzene rings is 1. The van der Waals surface area contributed by atoms with Crippen LogP contribution in [-0.2, 0) is 20.8 Å². The van der Waals surface area contributed by atoms with Crippen LogP contribution in [0.2, 0.25) is 5.02 Å². The quantitative estimate of drug-likeness (QED) is 0.379. The Hall–Kier alpha value is -2.74. The molecule has 2 aliphatic heterocycles. The molecule has 0 spiro atoms. The minimum Gasteiger partial charge on any atom is -0.507 e. The third-order valence-corrected chi connectivity index (χ3v) is 6.19. The summed E-state index contributed by atoms with van der Waals surface area (Å²) in [7, 11) is 0. The number of esters is 1. The first-order valence-corrected chi connectivity index (χ1v) is 11.9. The number of piperidine rings is 1. The lowest BCUT2D eigenvalue weighted by molar-refractivity contribution is -0.137. The summed E-state index contributed by atoms with van der Waals surface area (Å²) in [6, 6.07) is 1.02. The van der Waals surface area contributed by atoms with E-state index in [1.165, 1.54) is 0 Å². The number of oxime groups is 1. The molecule has 0 atom stereocenters. The van der Waals surface area contributed by atoms with Crippen molar-refractivity contribution < 1.29 is 29.4 Å². The normalized spacial score (nSPS) is 20.5. The predicted molar refractivity (Wildman–Crippen MR) is 125 cm³/mol. The molecule has 0 radical (unpaired) electrons. The van der Waals surface area contributed by atoms with E-state index in [1.54, 1.807) is 4.90 Å². The molecule has 0 aliphatic carbocycles. The maximum Gasteiger partial charge on any atom is 0.342 e. The van der Waals surface area contributed by atoms with E-state index in [4.69, 9.17) is 21.2 Å². The van der Waals surface area contributed by atoms with Gasteiger partial charge in [0.2, 0.25) is 0 Å². The van der Waals surface area contributed by atoms with Gasteiger partial charge >= 0.3 is 5.97 Å². The predicted octanol–water partition coefficient (Wildman–Crippen LogP) is 4.36. The van der Waals surface area contributed by atoms with E-state index < -0.39 is 11.7 Å². The van der Waals surface area contributed by atoms with Crippen LogP contribution in [0.4, 0.5) is 0 Å². The van der Waals surface area contributed by atoms with Crippen molar-refractivity contribution in [2.45, 2.75) is 57.8 Å². The van der Waals surface area contributed by atoms with Gasteiger partial charge in [0.25, 0.3) is 5.91 Å². The molecule has 2 aliphatic rings. The Labute approximate surface area is 198 Å². The number of aromatic hydroxyl groups is 2. The molecule has 1 aromatic rings. The number of likely N-dealkylation sites (tertiary alicyclic amines) is 1. The maximum atomic E-state index is 12.7. The minimum absolute atomic E-state index is 0.0520. The van der Waals surface area contributed by atoms with Crippen LogP contribution in [0.25, 0.3) is 0 Å². The van der Waals surface area contributed by atoms with Crippen LogP contribution < -0.4 is 0 Å². The zero-order valence-electron chi connectivity index (χ0n) is 18.7. The third-order valence-electron chi connectivity index (χ3n) is 5.77. The summed E-state index contributed by atoms with van der Waals surface area (Å²) in [5, 5.41) is 24.6. The van der Waals surface area contributed by atoms with Gasteiger partial charge in [0.15, 0.2) is 6.61 Å². The third kappa shape index (κ3) is 7.12. The molecule has 8 nitrogen and oxygen atoms in total. The summed E-state index contributed by atoms with van der Waals surface area (Å²) in [6.07, 6.45) is 10.9. The average Bonchev–Trinajstić information content (AvgIpc) is 2.80. The largest absolute Gasteiger partial charge is 0.507 e. The van der Waals surface area contributed by atoms with Crippen LogP contribution in [0.5, 0.6) is 11.5 Å². The number of hydrogen-bond acceptors (Lipinski definition) is 7. The maximum absolute atomic E-state index is 12.7. The number of amides is 1. The van der Waals surface area contributed by atoms with Gasteiger partial charge in [-0.3, -0.25) is 4.79 Å². The average molecular weight is 479 g/mol. The van der Waals surface area contributed by atoms with Crippen molar-refractivity contribution in [3.05, 3.63) is 34.4 Å². The van der Waals surface area contributed by atoms with Crippen molar-refractivity contribution in [1.82, 2.24) is 4.90 Å². The number of hydrogen-bond donors (Lipinski definition) is 2. The molecule has 2 heterocycles. The number of phenolic OH excluding ortho intramolecular Hbond substituents is 2. The molecule has 1 amide bonds. The molecule has 1 aromatic carbocycles. The van der Waals surface area contributed by atoms with Crippen LogP contribution in [-0.4, -0.2) is 59.0 Å². The van der Waals surface area contributed by atoms with Crippen LogP contribution >= 0.6 is 11.6 Å². The molecule has 2 N–H and O–H groups in total. The second-order valence-corrected chi connectivity index (χ2v) is 8.65. The van der Waals surface area contributed by atoms with Gasteiger partial charge in [0, 0.05) is 25.6 Å². The highest BCUT2D eigenvalue weighted by Gasteiger charge is 2.25. The van der Waals surface area contributed by atoms with Crippen molar-refractivity contribution in [1.29, 1.82) is 0 Å². The van der Waals surface area contributed by atoms with Gasteiger partial charge in [0.05, 0.1) is 17.3 Å². The Morgan fingerprint density at radius 1 is 1.09 bits per heavy atom. The van der Waals surface area contributed by atoms with Crippen LogP contribution in [0, 0.1) is 0 Å². The SMILES string of the molecule is O=C1OCC/C=C/CCCC/C(=N/OCC(=O)N2CCCCC2)Cc2c(Cl)c(O)cc(O)c21. The first kappa shape index (κ1) is 24.9. The number of carbonyl (C=O) groups is 2. The van der Waals surface area contributed by atoms with Crippen molar-refractivity contribution in [2.24, 2.45) is 5.16 Å². The highest BCUT2D eigenvalue weighted by molar-refractivity contribution is 6.33. The van der Waals surface area contributed by atoms with E-state index in [9.17, 15) is 19.8 Å². The van der Waals surface area contributed by atoms with E-state index in [1.807, 2.05) is 12.2 Å². The van der Waals surface area contributed by atoms with Gasteiger partial charge in [-0.2, -0.15) is 0 Å². The van der Waals surface area contributed by atoms with Gasteiger partial charge in [-0.05, 0) is 56.9 Å².